The van der Waals surface area contributed by atoms with Crippen molar-refractivity contribution >= 4 is 17.3 Å². The van der Waals surface area contributed by atoms with Gasteiger partial charge in [0.2, 0.25) is 5.91 Å². The number of nitrogens with zero attached hydrogens (tertiary/aromatic N) is 1. The summed E-state index contributed by atoms with van der Waals surface area (Å²) in [5.41, 5.74) is 8.55. The van der Waals surface area contributed by atoms with Crippen LogP contribution in [0.3, 0.4) is 0 Å². The number of amides is 1. The Morgan fingerprint density at radius 3 is 2.56 bits per heavy atom. The number of nitrogens with one attached hydrogen (secondary N) is 1. The number of hydrogen-bond acceptors (Lipinski definition) is 4. The van der Waals surface area contributed by atoms with E-state index in [1.165, 1.54) is 0 Å². The minimum absolute atomic E-state index is 0.103. The molecule has 5 nitrogen and oxygen atoms in total. The van der Waals surface area contributed by atoms with Crippen LogP contribution in [-0.4, -0.2) is 11.1 Å². The van der Waals surface area contributed by atoms with Crippen LogP contribution in [0.5, 0.6) is 0 Å². The number of hydrogen-bond donors (Lipinski definition) is 2. The fourth-order valence-electron chi connectivity index (χ4n) is 1.69. The van der Waals surface area contributed by atoms with Crippen LogP contribution in [0.1, 0.15) is 17.0 Å². The molecule has 0 saturated heterocycles. The molecule has 18 heavy (non-hydrogen) atoms. The summed E-state index contributed by atoms with van der Waals surface area (Å²) in [5.74, 6) is 0.578. The van der Waals surface area contributed by atoms with Gasteiger partial charge in [-0.15, -0.1) is 0 Å². The maximum atomic E-state index is 11.9. The lowest BCUT2D eigenvalue weighted by atomic mass is 10.1. The molecule has 3 N–H and O–H groups in total. The average Bonchev–Trinajstić information content (AvgIpc) is 2.64. The first-order valence-electron chi connectivity index (χ1n) is 5.63. The molecule has 0 bridgehead atoms. The van der Waals surface area contributed by atoms with Gasteiger partial charge in [-0.25, -0.2) is 0 Å². The van der Waals surface area contributed by atoms with E-state index in [1.54, 1.807) is 31.2 Å². The number of nitrogen functional groups attached to an aromatic ring is 1. The van der Waals surface area contributed by atoms with Gasteiger partial charge in [0.05, 0.1) is 12.1 Å². The van der Waals surface area contributed by atoms with Crippen molar-refractivity contribution in [2.24, 2.45) is 0 Å². The zero-order chi connectivity index (χ0) is 13.1. The maximum absolute atomic E-state index is 11.9. The van der Waals surface area contributed by atoms with Crippen LogP contribution in [-0.2, 0) is 11.2 Å². The quantitative estimate of drug-likeness (QED) is 0.811. The highest BCUT2D eigenvalue weighted by Crippen LogP contribution is 2.15. The van der Waals surface area contributed by atoms with Gasteiger partial charge in [-0.1, -0.05) is 5.16 Å². The Morgan fingerprint density at radius 1 is 1.33 bits per heavy atom. The Morgan fingerprint density at radius 2 is 2.00 bits per heavy atom. The average molecular weight is 245 g/mol. The van der Waals surface area contributed by atoms with Gasteiger partial charge in [0.25, 0.3) is 0 Å². The van der Waals surface area contributed by atoms with E-state index in [1.807, 2.05) is 6.92 Å². The van der Waals surface area contributed by atoms with Gasteiger partial charge in [0, 0.05) is 16.9 Å². The van der Waals surface area contributed by atoms with Gasteiger partial charge >= 0.3 is 0 Å². The first-order valence-corrected chi connectivity index (χ1v) is 5.63. The third kappa shape index (κ3) is 2.68. The Balaban J connectivity index is 2.03. The van der Waals surface area contributed by atoms with Gasteiger partial charge in [-0.3, -0.25) is 4.79 Å². The molecule has 94 valence electrons. The maximum Gasteiger partial charge on any atom is 0.228 e. The number of benzene rings is 1. The molecule has 0 spiro atoms. The first-order chi connectivity index (χ1) is 8.56. The Bertz CT molecular complexity index is 539. The van der Waals surface area contributed by atoms with Crippen LogP contribution in [0, 0.1) is 13.8 Å². The van der Waals surface area contributed by atoms with E-state index in [2.05, 4.69) is 10.5 Å². The Kier molecular flexibility index (Phi) is 3.32. The molecule has 1 heterocycles. The molecule has 0 aliphatic heterocycles. The van der Waals surface area contributed by atoms with E-state index >= 15 is 0 Å². The molecule has 1 amide bonds. The van der Waals surface area contributed by atoms with E-state index in [9.17, 15) is 4.79 Å². The third-order valence-electron chi connectivity index (χ3n) is 2.71. The van der Waals surface area contributed by atoms with E-state index in [0.29, 0.717) is 11.4 Å². The molecule has 0 aliphatic rings. The van der Waals surface area contributed by atoms with Crippen LogP contribution >= 0.6 is 0 Å². The molecular weight excluding hydrogens is 230 g/mol. The van der Waals surface area contributed by atoms with E-state index < -0.39 is 0 Å². The highest BCUT2D eigenvalue weighted by atomic mass is 16.5. The van der Waals surface area contributed by atoms with Gasteiger partial charge < -0.3 is 15.6 Å². The van der Waals surface area contributed by atoms with Crippen molar-refractivity contribution in [2.45, 2.75) is 20.3 Å². The SMILES string of the molecule is Cc1noc(C)c1CC(=O)Nc1ccc(N)cc1. The zero-order valence-corrected chi connectivity index (χ0v) is 10.4. The molecule has 0 radical (unpaired) electrons. The second-order valence-electron chi connectivity index (χ2n) is 4.15. The molecule has 5 heteroatoms. The predicted molar refractivity (Wildman–Crippen MR) is 69.2 cm³/mol. The van der Waals surface area contributed by atoms with Crippen molar-refractivity contribution in [1.82, 2.24) is 5.16 Å². The summed E-state index contributed by atoms with van der Waals surface area (Å²) in [5, 5.41) is 6.61. The predicted octanol–water partition coefficient (Wildman–Crippen LogP) is 2.05. The van der Waals surface area contributed by atoms with E-state index in [0.717, 1.165) is 16.9 Å². The molecule has 0 unspecified atom stereocenters. The molecular formula is C13H15N3O2. The van der Waals surface area contributed by atoms with Crippen molar-refractivity contribution in [3.63, 3.8) is 0 Å². The second kappa shape index (κ2) is 4.91. The number of anilines is 2. The largest absolute Gasteiger partial charge is 0.399 e. The molecule has 1 aromatic carbocycles. The topological polar surface area (TPSA) is 81.2 Å². The number of aromatic nitrogens is 1. The lowest BCUT2D eigenvalue weighted by molar-refractivity contribution is -0.115. The van der Waals surface area contributed by atoms with Crippen molar-refractivity contribution in [3.05, 3.63) is 41.3 Å². The molecule has 0 atom stereocenters. The molecule has 1 aromatic heterocycles. The van der Waals surface area contributed by atoms with Crippen molar-refractivity contribution in [1.29, 1.82) is 0 Å². The van der Waals surface area contributed by atoms with Crippen LogP contribution in [0.25, 0.3) is 0 Å². The summed E-state index contributed by atoms with van der Waals surface area (Å²) in [6, 6.07) is 7.01. The summed E-state index contributed by atoms with van der Waals surface area (Å²) >= 11 is 0. The smallest absolute Gasteiger partial charge is 0.228 e. The minimum atomic E-state index is -0.103. The summed E-state index contributed by atoms with van der Waals surface area (Å²) in [4.78, 5) is 11.9. The van der Waals surface area contributed by atoms with Gasteiger partial charge in [0.1, 0.15) is 5.76 Å². The standard InChI is InChI=1S/C13H15N3O2/c1-8-12(9(2)18-16-8)7-13(17)15-11-5-3-10(14)4-6-11/h3-6H,7,14H2,1-2H3,(H,15,17). The number of carbonyl (C=O) groups excluding carboxylic acids is 1. The van der Waals surface area contributed by atoms with Crippen molar-refractivity contribution < 1.29 is 9.32 Å². The fourth-order valence-corrected chi connectivity index (χ4v) is 1.69. The molecule has 2 aromatic rings. The summed E-state index contributed by atoms with van der Waals surface area (Å²) in [6.45, 7) is 3.62. The van der Waals surface area contributed by atoms with Crippen LogP contribution < -0.4 is 11.1 Å². The van der Waals surface area contributed by atoms with Crippen LogP contribution in [0.2, 0.25) is 0 Å². The van der Waals surface area contributed by atoms with Crippen molar-refractivity contribution in [2.75, 3.05) is 11.1 Å². The molecule has 0 saturated carbocycles. The summed E-state index contributed by atoms with van der Waals surface area (Å²) in [6.07, 6.45) is 0.255. The highest BCUT2D eigenvalue weighted by Gasteiger charge is 2.13. The third-order valence-corrected chi connectivity index (χ3v) is 2.71. The monoisotopic (exact) mass is 245 g/mol. The Labute approximate surface area is 105 Å². The number of nitrogens with two attached hydrogens (primary N) is 1. The highest BCUT2D eigenvalue weighted by molar-refractivity contribution is 5.92. The number of carbonyl (C=O) groups is 1. The zero-order valence-electron chi connectivity index (χ0n) is 10.4. The lowest BCUT2D eigenvalue weighted by Gasteiger charge is -2.05. The normalized spacial score (nSPS) is 10.3. The molecule has 2 rings (SSSR count). The second-order valence-corrected chi connectivity index (χ2v) is 4.15. The van der Waals surface area contributed by atoms with Gasteiger partial charge in [-0.05, 0) is 38.1 Å². The van der Waals surface area contributed by atoms with Crippen LogP contribution in [0.15, 0.2) is 28.8 Å². The van der Waals surface area contributed by atoms with E-state index in [4.69, 9.17) is 10.3 Å². The fraction of sp³-hybridized carbons (Fsp3) is 0.231. The minimum Gasteiger partial charge on any atom is -0.399 e. The van der Waals surface area contributed by atoms with Crippen molar-refractivity contribution in [3.8, 4) is 0 Å². The molecule has 0 fully saturated rings. The number of aryl methyl sites for hydroxylation is 2. The van der Waals surface area contributed by atoms with E-state index in [-0.39, 0.29) is 12.3 Å². The molecule has 0 aliphatic carbocycles. The first kappa shape index (κ1) is 12.2. The van der Waals surface area contributed by atoms with Crippen LogP contribution in [0.4, 0.5) is 11.4 Å². The van der Waals surface area contributed by atoms with Gasteiger partial charge in [-0.2, -0.15) is 0 Å². The van der Waals surface area contributed by atoms with Gasteiger partial charge in [0.15, 0.2) is 0 Å². The summed E-state index contributed by atoms with van der Waals surface area (Å²) in [7, 11) is 0. The Hall–Kier alpha value is -2.30. The summed E-state index contributed by atoms with van der Waals surface area (Å²) < 4.78 is 5.02. The number of rotatable bonds is 3. The lowest BCUT2D eigenvalue weighted by Crippen LogP contribution is -2.15.